The number of unbranched alkanes of at least 4 members (excludes halogenated alkanes) is 10. The van der Waals surface area contributed by atoms with E-state index in [-0.39, 0.29) is 49.4 Å². The molecule has 0 bridgehead atoms. The summed E-state index contributed by atoms with van der Waals surface area (Å²) in [6, 6.07) is 12.5. The van der Waals surface area contributed by atoms with Gasteiger partial charge in [0.15, 0.2) is 0 Å². The number of aliphatic hydroxyl groups excluding tert-OH is 2. The average molecular weight is 829 g/mol. The summed E-state index contributed by atoms with van der Waals surface area (Å²) in [7, 11) is 1.57. The molecular weight excluding hydrogens is 757 g/mol. The molecule has 0 saturated heterocycles. The van der Waals surface area contributed by atoms with Gasteiger partial charge in [0.2, 0.25) is 11.7 Å². The fourth-order valence-corrected chi connectivity index (χ4v) is 10.0. The monoisotopic (exact) mass is 829 g/mol. The molecule has 0 spiro atoms. The van der Waals surface area contributed by atoms with Crippen LogP contribution in [0.4, 0.5) is 0 Å². The molecular formula is C50H72N2O8. The van der Waals surface area contributed by atoms with Crippen molar-refractivity contribution in [2.45, 2.75) is 147 Å². The van der Waals surface area contributed by atoms with E-state index in [0.29, 0.717) is 55.0 Å². The lowest BCUT2D eigenvalue weighted by molar-refractivity contribution is -0.257. The van der Waals surface area contributed by atoms with Gasteiger partial charge in [-0.2, -0.15) is 0 Å². The summed E-state index contributed by atoms with van der Waals surface area (Å²) in [5.74, 6) is 0.369. The Hall–Kier alpha value is -3.99. The fourth-order valence-electron chi connectivity index (χ4n) is 10.0. The number of oxime groups is 1. The van der Waals surface area contributed by atoms with Crippen molar-refractivity contribution >= 4 is 17.9 Å². The number of rotatable bonds is 28. The summed E-state index contributed by atoms with van der Waals surface area (Å²) in [5, 5.41) is 24.5. The molecule has 6 atom stereocenters. The van der Waals surface area contributed by atoms with Gasteiger partial charge in [0.1, 0.15) is 36.7 Å². The molecule has 1 aliphatic heterocycles. The topological polar surface area (TPSA) is 127 Å². The van der Waals surface area contributed by atoms with E-state index >= 15 is 0 Å². The van der Waals surface area contributed by atoms with E-state index < -0.39 is 11.8 Å². The predicted molar refractivity (Wildman–Crippen MR) is 238 cm³/mol. The first-order valence-corrected chi connectivity index (χ1v) is 23.0. The van der Waals surface area contributed by atoms with E-state index in [1.54, 1.807) is 31.4 Å². The van der Waals surface area contributed by atoms with Crippen molar-refractivity contribution in [1.82, 2.24) is 4.90 Å². The van der Waals surface area contributed by atoms with Crippen LogP contribution in [0.15, 0.2) is 71.9 Å². The van der Waals surface area contributed by atoms with Gasteiger partial charge in [0.05, 0.1) is 18.2 Å². The Morgan fingerprint density at radius 1 is 0.917 bits per heavy atom. The van der Waals surface area contributed by atoms with Gasteiger partial charge >= 0.3 is 0 Å². The van der Waals surface area contributed by atoms with Crippen LogP contribution < -0.4 is 9.47 Å². The third kappa shape index (κ3) is 11.7. The lowest BCUT2D eigenvalue weighted by Crippen LogP contribution is -2.70. The highest BCUT2D eigenvalue weighted by Gasteiger charge is 2.65. The number of amides is 1. The van der Waals surface area contributed by atoms with E-state index in [2.05, 4.69) is 32.6 Å². The molecule has 2 aliphatic carbocycles. The van der Waals surface area contributed by atoms with Crippen LogP contribution in [0.25, 0.3) is 0 Å². The summed E-state index contributed by atoms with van der Waals surface area (Å²) in [4.78, 5) is 33.9. The zero-order valence-electron chi connectivity index (χ0n) is 36.7. The molecule has 3 aliphatic rings. The maximum absolute atomic E-state index is 14.6. The molecule has 1 heterocycles. The van der Waals surface area contributed by atoms with Gasteiger partial charge in [-0.1, -0.05) is 107 Å². The largest absolute Gasteiger partial charge is 0.459 e. The smallest absolute Gasteiger partial charge is 0.239 e. The molecule has 2 N–H and O–H groups in total. The van der Waals surface area contributed by atoms with Crippen LogP contribution in [0, 0.1) is 17.8 Å². The van der Waals surface area contributed by atoms with Crippen LogP contribution in [0.2, 0.25) is 0 Å². The molecule has 1 amide bonds. The summed E-state index contributed by atoms with van der Waals surface area (Å²) < 4.78 is 20.9. The summed E-state index contributed by atoms with van der Waals surface area (Å²) in [5.41, 5.74) is 3.30. The van der Waals surface area contributed by atoms with Gasteiger partial charge in [-0.3, -0.25) is 9.59 Å². The molecule has 6 unspecified atom stereocenters. The summed E-state index contributed by atoms with van der Waals surface area (Å²) in [6.45, 7) is 9.40. The van der Waals surface area contributed by atoms with E-state index in [1.165, 1.54) is 38.5 Å². The number of ether oxygens (including phenoxy) is 3. The van der Waals surface area contributed by atoms with Crippen LogP contribution in [0.5, 0.6) is 17.2 Å². The van der Waals surface area contributed by atoms with Crippen LogP contribution >= 0.6 is 0 Å². The average Bonchev–Trinajstić information content (AvgIpc) is 3.26. The Morgan fingerprint density at radius 2 is 1.63 bits per heavy atom. The van der Waals surface area contributed by atoms with Crippen LogP contribution in [-0.2, 0) is 14.4 Å². The Balaban J connectivity index is 1.61. The lowest BCUT2D eigenvalue weighted by Gasteiger charge is -2.60. The van der Waals surface area contributed by atoms with Gasteiger partial charge < -0.3 is 34.2 Å². The number of fused-ring (bicyclic) bond motifs is 2. The highest BCUT2D eigenvalue weighted by Crippen LogP contribution is 2.62. The molecule has 2 aromatic carbocycles. The number of carbonyl (C=O) groups excluding carboxylic acids is 2. The highest BCUT2D eigenvalue weighted by atomic mass is 16.7. The van der Waals surface area contributed by atoms with E-state index in [1.807, 2.05) is 23.1 Å². The normalized spacial score (nSPS) is 23.5. The maximum atomic E-state index is 14.6. The first-order valence-electron chi connectivity index (χ1n) is 23.0. The van der Waals surface area contributed by atoms with Crippen LogP contribution in [0.1, 0.15) is 151 Å². The van der Waals surface area contributed by atoms with Crippen molar-refractivity contribution in [2.24, 2.45) is 22.9 Å². The number of hydrogen-bond acceptors (Lipinski definition) is 9. The standard InChI is InChI=1S/C50H72N2O8/c1-5-8-9-10-11-12-13-14-15-25-47(56)52(28-6-2)46-35-44(51-57-4)42-33-38(22-16-18-29-53)41(24-17-19-30-54)48-43-34-40(59-39-23-20-21-37(32-39)36-55)26-27-45(43)60-50(46,49(42)48)58-31-7-3/h7,20-21,23,26-27,32-34,36,38,41,46,48-49,53-54H,3,5-6,8-19,22,24-25,28-31,35H2,1-2,4H3. The van der Waals surface area contributed by atoms with Crippen molar-refractivity contribution < 1.29 is 38.9 Å². The van der Waals surface area contributed by atoms with E-state index in [4.69, 9.17) is 24.2 Å². The van der Waals surface area contributed by atoms with Gasteiger partial charge in [0, 0.05) is 49.6 Å². The van der Waals surface area contributed by atoms with Crippen LogP contribution in [-0.4, -0.2) is 78.3 Å². The quantitative estimate of drug-likeness (QED) is 0.0376. The van der Waals surface area contributed by atoms with Gasteiger partial charge in [-0.25, -0.2) is 0 Å². The minimum Gasteiger partial charge on any atom is -0.459 e. The predicted octanol–water partition coefficient (Wildman–Crippen LogP) is 10.7. The van der Waals surface area contributed by atoms with Crippen molar-refractivity contribution in [3.05, 3.63) is 77.9 Å². The number of aliphatic hydroxyl groups is 2. The first kappa shape index (κ1) is 47.1. The molecule has 10 nitrogen and oxygen atoms in total. The van der Waals surface area contributed by atoms with Crippen molar-refractivity contribution in [1.29, 1.82) is 0 Å². The Labute approximate surface area is 359 Å². The molecule has 330 valence electrons. The van der Waals surface area contributed by atoms with Crippen molar-refractivity contribution in [3.8, 4) is 17.2 Å². The molecule has 5 rings (SSSR count). The Bertz CT molecular complexity index is 1730. The molecule has 10 heteroatoms. The van der Waals surface area contributed by atoms with E-state index in [9.17, 15) is 19.8 Å². The molecule has 0 aromatic heterocycles. The Morgan fingerprint density at radius 3 is 2.32 bits per heavy atom. The van der Waals surface area contributed by atoms with Gasteiger partial charge in [-0.15, -0.1) is 6.58 Å². The summed E-state index contributed by atoms with van der Waals surface area (Å²) in [6.07, 6.45) is 21.9. The lowest BCUT2D eigenvalue weighted by atomic mass is 9.55. The second kappa shape index (κ2) is 24.5. The second-order valence-corrected chi connectivity index (χ2v) is 16.9. The third-order valence-electron chi connectivity index (χ3n) is 12.7. The minimum absolute atomic E-state index is 0.0972. The fraction of sp³-hybridized carbons (Fsp3) is 0.620. The van der Waals surface area contributed by atoms with Gasteiger partial charge in [0.25, 0.3) is 0 Å². The van der Waals surface area contributed by atoms with Crippen molar-refractivity contribution in [3.63, 3.8) is 0 Å². The number of allylic oxidation sites excluding steroid dienone is 1. The SMILES string of the molecule is C=CCOC12Oc3ccc(Oc4cccc(C=O)c4)cc3C3C(CCCCO)C(CCCCO)C=C(C(=NOC)CC1N(CCC)C(=O)CCCCCCCCCCC)C32. The van der Waals surface area contributed by atoms with Crippen LogP contribution in [0.3, 0.4) is 0 Å². The van der Waals surface area contributed by atoms with Crippen molar-refractivity contribution in [2.75, 3.05) is 33.5 Å². The first-order chi connectivity index (χ1) is 29.4. The Kier molecular flexibility index (Phi) is 19.2. The number of hydrogen-bond donors (Lipinski definition) is 2. The third-order valence-corrected chi connectivity index (χ3v) is 12.7. The number of benzene rings is 2. The van der Waals surface area contributed by atoms with E-state index in [0.717, 1.165) is 74.5 Å². The molecule has 2 aromatic rings. The zero-order chi connectivity index (χ0) is 42.7. The minimum atomic E-state index is -1.28. The molecule has 0 radical (unpaired) electrons. The molecule has 1 saturated carbocycles. The summed E-state index contributed by atoms with van der Waals surface area (Å²) >= 11 is 0. The molecule has 1 fully saturated rings. The van der Waals surface area contributed by atoms with Gasteiger partial charge in [-0.05, 0) is 86.3 Å². The zero-order valence-corrected chi connectivity index (χ0v) is 36.7. The highest BCUT2D eigenvalue weighted by molar-refractivity contribution is 6.03. The number of carbonyl (C=O) groups is 2. The number of nitrogens with zero attached hydrogens (tertiary/aromatic N) is 2. The maximum Gasteiger partial charge on any atom is 0.239 e. The molecule has 60 heavy (non-hydrogen) atoms. The number of aldehydes is 1. The second-order valence-electron chi connectivity index (χ2n) is 16.9.